The minimum atomic E-state index is -4.21. The van der Waals surface area contributed by atoms with E-state index >= 15 is 0 Å². The van der Waals surface area contributed by atoms with Crippen LogP contribution < -0.4 is 5.73 Å². The highest BCUT2D eigenvalue weighted by atomic mass is 19.4. The minimum Gasteiger partial charge on any atom is -0.463 e. The van der Waals surface area contributed by atoms with Crippen molar-refractivity contribution in [3.63, 3.8) is 0 Å². The summed E-state index contributed by atoms with van der Waals surface area (Å²) in [6.07, 6.45) is -4.21. The number of benzene rings is 1. The number of hydrogen-bond donors (Lipinski definition) is 1. The van der Waals surface area contributed by atoms with E-state index in [1.54, 1.807) is 6.92 Å². The van der Waals surface area contributed by atoms with Crippen LogP contribution in [0.1, 0.15) is 11.1 Å². The topological polar surface area (TPSA) is 47.6 Å². The Morgan fingerprint density at radius 2 is 1.82 bits per heavy atom. The minimum absolute atomic E-state index is 0.329. The third kappa shape index (κ3) is 4.76. The first kappa shape index (κ1) is 13.3. The van der Waals surface area contributed by atoms with Crippen LogP contribution in [0.2, 0.25) is 0 Å². The molecule has 6 heteroatoms. The van der Waals surface area contributed by atoms with Gasteiger partial charge in [-0.15, -0.1) is 0 Å². The maximum absolute atomic E-state index is 11.9. The van der Waals surface area contributed by atoms with E-state index in [-0.39, 0.29) is 0 Å². The second kappa shape index (κ2) is 5.56. The van der Waals surface area contributed by atoms with Gasteiger partial charge in [0.05, 0.1) is 12.1 Å². The average molecular weight is 246 g/mol. The van der Waals surface area contributed by atoms with Gasteiger partial charge < -0.3 is 10.5 Å². The molecule has 0 saturated carbocycles. The van der Waals surface area contributed by atoms with Gasteiger partial charge in [-0.25, -0.2) is 4.99 Å². The number of amidine groups is 1. The molecule has 2 rings (SSSR count). The normalized spacial score (nSPS) is 14.5. The summed E-state index contributed by atoms with van der Waals surface area (Å²) in [5.41, 5.74) is 5.30. The van der Waals surface area contributed by atoms with E-state index in [2.05, 4.69) is 9.73 Å². The zero-order chi connectivity index (χ0) is 12.9. The molecular formula is C11H13F3N2O. The Morgan fingerprint density at radius 1 is 1.24 bits per heavy atom. The molecule has 0 radical (unpaired) electrons. The number of hydrogen-bond acceptors (Lipinski definition) is 3. The van der Waals surface area contributed by atoms with Crippen molar-refractivity contribution in [1.82, 2.24) is 0 Å². The molecule has 0 fully saturated rings. The molecule has 17 heavy (non-hydrogen) atoms. The van der Waals surface area contributed by atoms with Gasteiger partial charge in [0.2, 0.25) is 0 Å². The first-order valence-corrected chi connectivity index (χ1v) is 4.96. The molecule has 0 bridgehead atoms. The van der Waals surface area contributed by atoms with Crippen molar-refractivity contribution in [3.05, 3.63) is 35.4 Å². The van der Waals surface area contributed by atoms with Crippen LogP contribution in [0.4, 0.5) is 13.2 Å². The van der Waals surface area contributed by atoms with Crippen LogP contribution in [0.15, 0.2) is 29.3 Å². The Bertz CT molecular complexity index is 385. The van der Waals surface area contributed by atoms with Crippen LogP contribution in [0.25, 0.3) is 0 Å². The summed E-state index contributed by atoms with van der Waals surface area (Å²) in [5.74, 6) is 0. The lowest BCUT2D eigenvalue weighted by Crippen LogP contribution is -2.10. The number of aryl methyl sites for hydroxylation is 1. The van der Waals surface area contributed by atoms with Gasteiger partial charge >= 0.3 is 6.18 Å². The highest BCUT2D eigenvalue weighted by Crippen LogP contribution is 2.28. The number of ether oxygens (including phenoxy) is 1. The molecule has 0 aromatic heterocycles. The monoisotopic (exact) mass is 246 g/mol. The SMILES string of the molecule is Cc1ccc(C(F)(F)F)cc1.NC1=NCCO1. The highest BCUT2D eigenvalue weighted by Gasteiger charge is 2.29. The lowest BCUT2D eigenvalue weighted by molar-refractivity contribution is -0.137. The van der Waals surface area contributed by atoms with E-state index < -0.39 is 11.7 Å². The summed E-state index contributed by atoms with van der Waals surface area (Å²) >= 11 is 0. The van der Waals surface area contributed by atoms with Crippen LogP contribution in [-0.4, -0.2) is 19.2 Å². The van der Waals surface area contributed by atoms with Gasteiger partial charge in [0, 0.05) is 0 Å². The van der Waals surface area contributed by atoms with E-state index in [0.29, 0.717) is 12.6 Å². The molecule has 3 nitrogen and oxygen atoms in total. The Balaban J connectivity index is 0.000000202. The van der Waals surface area contributed by atoms with Crippen molar-refractivity contribution in [1.29, 1.82) is 0 Å². The fourth-order valence-corrected chi connectivity index (χ4v) is 1.09. The second-order valence-corrected chi connectivity index (χ2v) is 3.43. The molecule has 0 saturated heterocycles. The Kier molecular flexibility index (Phi) is 4.37. The molecular weight excluding hydrogens is 233 g/mol. The van der Waals surface area contributed by atoms with E-state index in [0.717, 1.165) is 24.2 Å². The van der Waals surface area contributed by atoms with Gasteiger partial charge in [0.25, 0.3) is 6.02 Å². The molecule has 1 aliphatic heterocycles. The fraction of sp³-hybridized carbons (Fsp3) is 0.364. The van der Waals surface area contributed by atoms with Crippen molar-refractivity contribution in [3.8, 4) is 0 Å². The first-order valence-electron chi connectivity index (χ1n) is 4.96. The highest BCUT2D eigenvalue weighted by molar-refractivity contribution is 5.72. The standard InChI is InChI=1S/C8H7F3.C3H6N2O/c1-6-2-4-7(5-3-6)8(9,10)11;4-3-5-1-2-6-3/h2-5H,1H3;1-2H2,(H2,4,5). The average Bonchev–Trinajstić information content (AvgIpc) is 2.69. The summed E-state index contributed by atoms with van der Waals surface area (Å²) in [6.45, 7) is 3.14. The predicted octanol–water partition coefficient (Wildman–Crippen LogP) is 2.35. The molecule has 1 aromatic rings. The lowest BCUT2D eigenvalue weighted by Gasteiger charge is -2.05. The van der Waals surface area contributed by atoms with Crippen molar-refractivity contribution >= 4 is 6.02 Å². The van der Waals surface area contributed by atoms with Gasteiger partial charge in [-0.3, -0.25) is 0 Å². The molecule has 0 unspecified atom stereocenters. The molecule has 0 aliphatic carbocycles. The maximum atomic E-state index is 11.9. The molecule has 0 amide bonds. The van der Waals surface area contributed by atoms with E-state index in [1.807, 2.05) is 0 Å². The first-order chi connectivity index (χ1) is 7.89. The van der Waals surface area contributed by atoms with E-state index in [1.165, 1.54) is 12.1 Å². The van der Waals surface area contributed by atoms with E-state index in [4.69, 9.17) is 5.73 Å². The Morgan fingerprint density at radius 3 is 2.12 bits per heavy atom. The molecule has 1 aromatic carbocycles. The summed E-state index contributed by atoms with van der Waals surface area (Å²) in [6, 6.07) is 5.38. The van der Waals surface area contributed by atoms with Crippen LogP contribution >= 0.6 is 0 Å². The fourth-order valence-electron chi connectivity index (χ4n) is 1.09. The zero-order valence-electron chi connectivity index (χ0n) is 9.29. The summed E-state index contributed by atoms with van der Waals surface area (Å²) in [4.78, 5) is 3.71. The maximum Gasteiger partial charge on any atom is 0.416 e. The van der Waals surface area contributed by atoms with Gasteiger partial charge in [-0.05, 0) is 19.1 Å². The molecule has 94 valence electrons. The van der Waals surface area contributed by atoms with Crippen molar-refractivity contribution in [2.45, 2.75) is 13.1 Å². The predicted molar refractivity (Wildman–Crippen MR) is 58.6 cm³/mol. The number of halogens is 3. The molecule has 1 aliphatic rings. The van der Waals surface area contributed by atoms with Gasteiger partial charge in [-0.1, -0.05) is 17.7 Å². The van der Waals surface area contributed by atoms with Crippen molar-refractivity contribution < 1.29 is 17.9 Å². The van der Waals surface area contributed by atoms with Gasteiger partial charge in [0.1, 0.15) is 6.61 Å². The molecule has 0 spiro atoms. The summed E-state index contributed by atoms with van der Waals surface area (Å²) in [5, 5.41) is 0. The van der Waals surface area contributed by atoms with Gasteiger partial charge in [0.15, 0.2) is 0 Å². The number of nitrogens with zero attached hydrogens (tertiary/aromatic N) is 1. The lowest BCUT2D eigenvalue weighted by atomic mass is 10.1. The number of alkyl halides is 3. The number of rotatable bonds is 0. The molecule has 2 N–H and O–H groups in total. The summed E-state index contributed by atoms with van der Waals surface area (Å²) < 4.78 is 40.4. The van der Waals surface area contributed by atoms with E-state index in [9.17, 15) is 13.2 Å². The Labute approximate surface area is 97.1 Å². The van der Waals surface area contributed by atoms with Crippen LogP contribution in [-0.2, 0) is 10.9 Å². The second-order valence-electron chi connectivity index (χ2n) is 3.43. The molecule has 0 atom stereocenters. The third-order valence-electron chi connectivity index (χ3n) is 1.99. The third-order valence-corrected chi connectivity index (χ3v) is 1.99. The largest absolute Gasteiger partial charge is 0.463 e. The summed E-state index contributed by atoms with van der Waals surface area (Å²) in [7, 11) is 0. The number of nitrogens with two attached hydrogens (primary N) is 1. The van der Waals surface area contributed by atoms with Gasteiger partial charge in [-0.2, -0.15) is 13.2 Å². The van der Waals surface area contributed by atoms with Crippen molar-refractivity contribution in [2.24, 2.45) is 10.7 Å². The quantitative estimate of drug-likeness (QED) is 0.763. The smallest absolute Gasteiger partial charge is 0.416 e. The molecule has 1 heterocycles. The van der Waals surface area contributed by atoms with Crippen LogP contribution in [0.3, 0.4) is 0 Å². The zero-order valence-corrected chi connectivity index (χ0v) is 9.29. The number of aliphatic imine (C=N–C) groups is 1. The Hall–Kier alpha value is -1.72. The van der Waals surface area contributed by atoms with Crippen LogP contribution in [0, 0.1) is 6.92 Å². The van der Waals surface area contributed by atoms with Crippen LogP contribution in [0.5, 0.6) is 0 Å². The van der Waals surface area contributed by atoms with Crippen molar-refractivity contribution in [2.75, 3.05) is 13.2 Å².